The number of anilines is 1. The molecule has 7 heteroatoms. The van der Waals surface area contributed by atoms with Crippen LogP contribution in [0.1, 0.15) is 10.4 Å². The van der Waals surface area contributed by atoms with Crippen molar-refractivity contribution in [3.05, 3.63) is 54.1 Å². The normalized spacial score (nSPS) is 11.0. The minimum absolute atomic E-state index is 0.0197. The monoisotopic (exact) mass is 292 g/mol. The van der Waals surface area contributed by atoms with Crippen LogP contribution in [0.4, 0.5) is 5.69 Å². The van der Waals surface area contributed by atoms with Crippen molar-refractivity contribution in [3.63, 3.8) is 0 Å². The number of benzene rings is 2. The van der Waals surface area contributed by atoms with Crippen LogP contribution in [0.25, 0.3) is 0 Å². The van der Waals surface area contributed by atoms with E-state index in [1.165, 1.54) is 36.4 Å². The van der Waals surface area contributed by atoms with Crippen molar-refractivity contribution in [3.8, 4) is 5.75 Å². The summed E-state index contributed by atoms with van der Waals surface area (Å²) in [5, 5.41) is 19.7. The molecule has 0 saturated carbocycles. The minimum atomic E-state index is -3.81. The van der Waals surface area contributed by atoms with E-state index in [1.54, 1.807) is 0 Å². The summed E-state index contributed by atoms with van der Waals surface area (Å²) in [6.45, 7) is 0. The Bertz CT molecular complexity index is 720. The van der Waals surface area contributed by atoms with Gasteiger partial charge in [0.2, 0.25) is 0 Å². The van der Waals surface area contributed by atoms with E-state index >= 15 is 0 Å². The Labute approximate surface area is 115 Å². The highest BCUT2D eigenvalue weighted by atomic mass is 32.2. The minimum Gasteiger partial charge on any atom is -0.545 e. The van der Waals surface area contributed by atoms with E-state index < -0.39 is 16.0 Å². The van der Waals surface area contributed by atoms with Gasteiger partial charge < -0.3 is 15.0 Å². The second-order valence-corrected chi connectivity index (χ2v) is 5.65. The molecule has 0 aliphatic carbocycles. The van der Waals surface area contributed by atoms with Gasteiger partial charge in [-0.2, -0.15) is 0 Å². The zero-order chi connectivity index (χ0) is 14.8. The maximum Gasteiger partial charge on any atom is 0.261 e. The lowest BCUT2D eigenvalue weighted by molar-refractivity contribution is -0.255. The SMILES string of the molecule is O=C([O-])c1ccc(S(=O)(=O)Nc2ccc(O)cc2)cc1. The molecule has 6 nitrogen and oxygen atoms in total. The number of phenolic OH excluding ortho intramolecular Hbond substituents is 1. The van der Waals surface area contributed by atoms with E-state index in [1.807, 2.05) is 0 Å². The van der Waals surface area contributed by atoms with Crippen LogP contribution in [0.15, 0.2) is 53.4 Å². The van der Waals surface area contributed by atoms with Crippen molar-refractivity contribution in [2.75, 3.05) is 4.72 Å². The Morgan fingerprint density at radius 2 is 1.55 bits per heavy atom. The molecule has 0 aliphatic heterocycles. The maximum absolute atomic E-state index is 12.0. The van der Waals surface area contributed by atoms with E-state index in [9.17, 15) is 18.3 Å². The molecule has 0 atom stereocenters. The molecular formula is C13H10NO5S-. The predicted molar refractivity (Wildman–Crippen MR) is 69.7 cm³/mol. The highest BCUT2D eigenvalue weighted by Gasteiger charge is 2.14. The van der Waals surface area contributed by atoms with Gasteiger partial charge in [0.15, 0.2) is 0 Å². The Balaban J connectivity index is 2.26. The zero-order valence-electron chi connectivity index (χ0n) is 10.1. The molecule has 0 fully saturated rings. The molecule has 0 saturated heterocycles. The number of carboxylic acids is 1. The van der Waals surface area contributed by atoms with Gasteiger partial charge in [0.1, 0.15) is 5.75 Å². The van der Waals surface area contributed by atoms with Crippen molar-refractivity contribution >= 4 is 21.7 Å². The fraction of sp³-hybridized carbons (Fsp3) is 0. The lowest BCUT2D eigenvalue weighted by Gasteiger charge is -2.09. The van der Waals surface area contributed by atoms with Gasteiger partial charge in [-0.3, -0.25) is 4.72 Å². The van der Waals surface area contributed by atoms with Crippen LogP contribution in [0.5, 0.6) is 5.75 Å². The van der Waals surface area contributed by atoms with Gasteiger partial charge in [0.05, 0.1) is 10.9 Å². The highest BCUT2D eigenvalue weighted by molar-refractivity contribution is 7.92. The second kappa shape index (κ2) is 5.22. The molecule has 0 aromatic heterocycles. The third-order valence-corrected chi connectivity index (χ3v) is 3.92. The number of sulfonamides is 1. The van der Waals surface area contributed by atoms with Crippen LogP contribution in [0.3, 0.4) is 0 Å². The fourth-order valence-corrected chi connectivity index (χ4v) is 2.57. The number of carbonyl (C=O) groups excluding carboxylic acids is 1. The van der Waals surface area contributed by atoms with Crippen molar-refractivity contribution in [1.82, 2.24) is 0 Å². The largest absolute Gasteiger partial charge is 0.545 e. The van der Waals surface area contributed by atoms with Crippen LogP contribution in [-0.2, 0) is 10.0 Å². The van der Waals surface area contributed by atoms with E-state index in [2.05, 4.69) is 4.72 Å². The zero-order valence-corrected chi connectivity index (χ0v) is 10.9. The quantitative estimate of drug-likeness (QED) is 0.801. The predicted octanol–water partition coefficient (Wildman–Crippen LogP) is 0.556. The number of aromatic hydroxyl groups is 1. The summed E-state index contributed by atoms with van der Waals surface area (Å²) in [5.74, 6) is -1.35. The molecule has 2 N–H and O–H groups in total. The summed E-state index contributed by atoms with van der Waals surface area (Å²) < 4.78 is 26.4. The molecule has 104 valence electrons. The molecule has 2 aromatic rings. The molecule has 20 heavy (non-hydrogen) atoms. The average Bonchev–Trinajstić information content (AvgIpc) is 2.41. The van der Waals surface area contributed by atoms with E-state index in [0.717, 1.165) is 12.1 Å². The van der Waals surface area contributed by atoms with Crippen molar-refractivity contribution in [1.29, 1.82) is 0 Å². The van der Waals surface area contributed by atoms with E-state index in [-0.39, 0.29) is 21.9 Å². The lowest BCUT2D eigenvalue weighted by atomic mass is 10.2. The molecule has 0 amide bonds. The molecule has 0 spiro atoms. The number of rotatable bonds is 4. The van der Waals surface area contributed by atoms with Gasteiger partial charge in [-0.15, -0.1) is 0 Å². The van der Waals surface area contributed by atoms with Gasteiger partial charge in [0, 0.05) is 5.69 Å². The summed E-state index contributed by atoms with van der Waals surface area (Å²) in [6, 6.07) is 10.2. The first-order chi connectivity index (χ1) is 9.38. The molecular weight excluding hydrogens is 282 g/mol. The van der Waals surface area contributed by atoms with Crippen molar-refractivity contribution in [2.24, 2.45) is 0 Å². The molecule has 2 rings (SSSR count). The first-order valence-electron chi connectivity index (χ1n) is 5.52. The van der Waals surface area contributed by atoms with Crippen molar-refractivity contribution in [2.45, 2.75) is 4.90 Å². The van der Waals surface area contributed by atoms with E-state index in [4.69, 9.17) is 5.11 Å². The van der Waals surface area contributed by atoms with Gasteiger partial charge in [-0.1, -0.05) is 12.1 Å². The topological polar surface area (TPSA) is 107 Å². The number of nitrogens with one attached hydrogen (secondary N) is 1. The highest BCUT2D eigenvalue weighted by Crippen LogP contribution is 2.18. The van der Waals surface area contributed by atoms with E-state index in [0.29, 0.717) is 0 Å². The second-order valence-electron chi connectivity index (χ2n) is 3.96. The molecule has 0 bridgehead atoms. The Hall–Kier alpha value is -2.54. The number of carboxylic acid groups (broad SMARTS) is 1. The summed E-state index contributed by atoms with van der Waals surface area (Å²) in [6.07, 6.45) is 0. The van der Waals surface area contributed by atoms with Crippen molar-refractivity contribution < 1.29 is 23.4 Å². The number of aromatic carboxylic acids is 1. The lowest BCUT2D eigenvalue weighted by Crippen LogP contribution is -2.22. The molecule has 0 heterocycles. The standard InChI is InChI=1S/C13H11NO5S/c15-11-5-3-10(4-6-11)14-20(18,19)12-7-1-9(2-8-12)13(16)17/h1-8,14-15H,(H,16,17)/p-1. The maximum atomic E-state index is 12.0. The Morgan fingerprint density at radius 3 is 2.05 bits per heavy atom. The number of carbonyl (C=O) groups is 1. The summed E-state index contributed by atoms with van der Waals surface area (Å²) >= 11 is 0. The van der Waals surface area contributed by atoms with Crippen LogP contribution in [-0.4, -0.2) is 19.5 Å². The van der Waals surface area contributed by atoms with Gasteiger partial charge in [0.25, 0.3) is 10.0 Å². The van der Waals surface area contributed by atoms with Crippen LogP contribution < -0.4 is 9.83 Å². The summed E-state index contributed by atoms with van der Waals surface area (Å²) in [5.41, 5.74) is 0.181. The number of hydrogen-bond donors (Lipinski definition) is 2. The molecule has 0 radical (unpaired) electrons. The van der Waals surface area contributed by atoms with Crippen LogP contribution in [0.2, 0.25) is 0 Å². The summed E-state index contributed by atoms with van der Waals surface area (Å²) in [7, 11) is -3.81. The summed E-state index contributed by atoms with van der Waals surface area (Å²) in [4.78, 5) is 10.5. The Kier molecular flexibility index (Phi) is 3.62. The number of phenols is 1. The van der Waals surface area contributed by atoms with Gasteiger partial charge >= 0.3 is 0 Å². The Morgan fingerprint density at radius 1 is 1.00 bits per heavy atom. The van der Waals surface area contributed by atoms with Gasteiger partial charge in [-0.05, 0) is 42.0 Å². The molecule has 2 aromatic carbocycles. The first kappa shape index (κ1) is 13.9. The third kappa shape index (κ3) is 3.07. The molecule has 0 aliphatic rings. The first-order valence-corrected chi connectivity index (χ1v) is 7.00. The fourth-order valence-electron chi connectivity index (χ4n) is 1.51. The van der Waals surface area contributed by atoms with Crippen LogP contribution >= 0.6 is 0 Å². The van der Waals surface area contributed by atoms with Crippen LogP contribution in [0, 0.1) is 0 Å². The third-order valence-electron chi connectivity index (χ3n) is 2.52. The number of hydrogen-bond acceptors (Lipinski definition) is 5. The molecule has 0 unspecified atom stereocenters. The van der Waals surface area contributed by atoms with Gasteiger partial charge in [-0.25, -0.2) is 8.42 Å². The average molecular weight is 292 g/mol. The smallest absolute Gasteiger partial charge is 0.261 e.